The van der Waals surface area contributed by atoms with Crippen LogP contribution in [0.3, 0.4) is 0 Å². The predicted octanol–water partition coefficient (Wildman–Crippen LogP) is 0.779. The molecule has 5 rings (SSSR count). The molecule has 3 aliphatic rings. The number of carbonyl (C=O) groups is 1. The lowest BCUT2D eigenvalue weighted by Crippen LogP contribution is -2.60. The molecule has 0 spiro atoms. The van der Waals surface area contributed by atoms with Crippen LogP contribution in [0.15, 0.2) is 24.7 Å². The number of aromatic amines is 1. The highest BCUT2D eigenvalue weighted by Crippen LogP contribution is 2.32. The molecular weight excluding hydrogens is 358 g/mol. The van der Waals surface area contributed by atoms with E-state index in [1.807, 2.05) is 29.0 Å². The first-order chi connectivity index (χ1) is 13.5. The normalized spacial score (nSPS) is 24.2. The van der Waals surface area contributed by atoms with Gasteiger partial charge in [0, 0.05) is 57.3 Å². The summed E-state index contributed by atoms with van der Waals surface area (Å²) in [7, 11) is 0. The van der Waals surface area contributed by atoms with Crippen LogP contribution in [0.1, 0.15) is 36.6 Å². The predicted molar refractivity (Wildman–Crippen MR) is 102 cm³/mol. The molecular formula is C19H25N7O2. The molecule has 3 aliphatic heterocycles. The first-order valence-electron chi connectivity index (χ1n) is 9.81. The van der Waals surface area contributed by atoms with Gasteiger partial charge in [-0.25, -0.2) is 14.8 Å². The Labute approximate surface area is 163 Å². The lowest BCUT2D eigenvalue weighted by atomic mass is 9.92. The van der Waals surface area contributed by atoms with Gasteiger partial charge in [0.1, 0.15) is 18.0 Å². The van der Waals surface area contributed by atoms with Gasteiger partial charge in [-0.2, -0.15) is 5.10 Å². The quantitative estimate of drug-likeness (QED) is 0.812. The minimum absolute atomic E-state index is 0.116. The molecule has 2 aromatic rings. The molecule has 2 N–H and O–H groups in total. The summed E-state index contributed by atoms with van der Waals surface area (Å²) in [5.41, 5.74) is 0.568. The van der Waals surface area contributed by atoms with E-state index >= 15 is 0 Å². The van der Waals surface area contributed by atoms with Crippen LogP contribution in [0.4, 0.5) is 10.6 Å². The number of β-amino-alcohol motifs (C(OH)–C–C–N with tert-alkyl or cyclic N) is 1. The molecule has 0 bridgehead atoms. The number of urea groups is 1. The Bertz CT molecular complexity index is 838. The van der Waals surface area contributed by atoms with Gasteiger partial charge in [0.25, 0.3) is 0 Å². The molecule has 0 saturated carbocycles. The lowest BCUT2D eigenvalue weighted by molar-refractivity contribution is 0.0305. The van der Waals surface area contributed by atoms with Crippen molar-refractivity contribution in [1.29, 1.82) is 0 Å². The second-order valence-electron chi connectivity index (χ2n) is 8.49. The first kappa shape index (κ1) is 17.4. The minimum Gasteiger partial charge on any atom is -0.386 e. The van der Waals surface area contributed by atoms with E-state index in [1.54, 1.807) is 0 Å². The van der Waals surface area contributed by atoms with Crippen molar-refractivity contribution in [1.82, 2.24) is 30.0 Å². The Morgan fingerprint density at radius 3 is 2.61 bits per heavy atom. The Morgan fingerprint density at radius 1 is 1.18 bits per heavy atom. The Kier molecular flexibility index (Phi) is 4.01. The van der Waals surface area contributed by atoms with E-state index in [2.05, 4.69) is 31.1 Å². The Morgan fingerprint density at radius 2 is 1.96 bits per heavy atom. The number of rotatable bonds is 3. The monoisotopic (exact) mass is 383 g/mol. The number of pyridine rings is 1. The summed E-state index contributed by atoms with van der Waals surface area (Å²) in [6.07, 6.45) is 4.35. The van der Waals surface area contributed by atoms with Crippen LogP contribution in [-0.2, 0) is 0 Å². The maximum Gasteiger partial charge on any atom is 0.320 e. The standard InChI is InChI=1S/C19H25N7O2/c1-19(28)10-26(11-19)16-3-2-13(6-20-16)15-8-25(9-15)18(27)24-5-4-14(7-24)17-21-12-22-23-17/h2-3,6,12,14-15,28H,4-5,7-11H2,1H3,(H,21,22,23)/t14-/m0/s1. The first-order valence-corrected chi connectivity index (χ1v) is 9.81. The number of hydrogen-bond donors (Lipinski definition) is 2. The molecule has 3 fully saturated rings. The van der Waals surface area contributed by atoms with Gasteiger partial charge >= 0.3 is 6.03 Å². The molecule has 0 aromatic carbocycles. The van der Waals surface area contributed by atoms with Crippen LogP contribution in [0.5, 0.6) is 0 Å². The zero-order valence-corrected chi connectivity index (χ0v) is 16.0. The van der Waals surface area contributed by atoms with E-state index in [4.69, 9.17) is 0 Å². The fourth-order valence-corrected chi connectivity index (χ4v) is 4.38. The fourth-order valence-electron chi connectivity index (χ4n) is 4.38. The summed E-state index contributed by atoms with van der Waals surface area (Å²) >= 11 is 0. The summed E-state index contributed by atoms with van der Waals surface area (Å²) in [5.74, 6) is 2.37. The van der Waals surface area contributed by atoms with Gasteiger partial charge in [-0.1, -0.05) is 6.07 Å². The lowest BCUT2D eigenvalue weighted by Gasteiger charge is -2.45. The van der Waals surface area contributed by atoms with E-state index in [1.165, 1.54) is 11.9 Å². The molecule has 9 heteroatoms. The molecule has 0 aliphatic carbocycles. The second kappa shape index (κ2) is 6.44. The third kappa shape index (κ3) is 3.09. The number of carbonyl (C=O) groups excluding carboxylic acids is 1. The van der Waals surface area contributed by atoms with Crippen molar-refractivity contribution in [3.8, 4) is 0 Å². The molecule has 2 aromatic heterocycles. The minimum atomic E-state index is -0.600. The number of amides is 2. The van der Waals surface area contributed by atoms with E-state index in [0.29, 0.717) is 25.6 Å². The van der Waals surface area contributed by atoms with E-state index in [0.717, 1.165) is 37.7 Å². The number of likely N-dealkylation sites (tertiary alicyclic amines) is 2. The maximum atomic E-state index is 12.7. The summed E-state index contributed by atoms with van der Waals surface area (Å²) in [5, 5.41) is 16.7. The van der Waals surface area contributed by atoms with E-state index < -0.39 is 5.60 Å². The molecule has 9 nitrogen and oxygen atoms in total. The van der Waals surface area contributed by atoms with Crippen LogP contribution in [0, 0.1) is 0 Å². The molecule has 1 atom stereocenters. The Balaban J connectivity index is 1.13. The highest BCUT2D eigenvalue weighted by Gasteiger charge is 2.39. The number of aromatic nitrogens is 4. The van der Waals surface area contributed by atoms with Crippen LogP contribution >= 0.6 is 0 Å². The van der Waals surface area contributed by atoms with Gasteiger partial charge < -0.3 is 19.8 Å². The third-order valence-corrected chi connectivity index (χ3v) is 6.06. The SMILES string of the molecule is CC1(O)CN(c2ccc(C3CN(C(=O)N4CC[C@H](c5ncn[nH]5)C4)C3)cn2)C1. The fraction of sp³-hybridized carbons (Fsp3) is 0.579. The number of nitrogens with one attached hydrogen (secondary N) is 1. The van der Waals surface area contributed by atoms with Crippen molar-refractivity contribution in [3.05, 3.63) is 36.0 Å². The van der Waals surface area contributed by atoms with Crippen molar-refractivity contribution in [2.24, 2.45) is 0 Å². The van der Waals surface area contributed by atoms with Gasteiger partial charge in [0.2, 0.25) is 0 Å². The Hall–Kier alpha value is -2.68. The number of nitrogens with zero attached hydrogens (tertiary/aromatic N) is 6. The second-order valence-corrected chi connectivity index (χ2v) is 8.49. The third-order valence-electron chi connectivity index (χ3n) is 6.06. The zero-order chi connectivity index (χ0) is 19.3. The molecule has 148 valence electrons. The maximum absolute atomic E-state index is 12.7. The summed E-state index contributed by atoms with van der Waals surface area (Å²) in [6.45, 7) is 6.02. The van der Waals surface area contributed by atoms with Crippen LogP contribution in [-0.4, -0.2) is 86.0 Å². The summed E-state index contributed by atoms with van der Waals surface area (Å²) in [4.78, 5) is 27.4. The van der Waals surface area contributed by atoms with Crippen LogP contribution in [0.25, 0.3) is 0 Å². The van der Waals surface area contributed by atoms with Crippen molar-refractivity contribution in [2.75, 3.05) is 44.2 Å². The highest BCUT2D eigenvalue weighted by molar-refractivity contribution is 5.76. The van der Waals surface area contributed by atoms with Crippen molar-refractivity contribution in [3.63, 3.8) is 0 Å². The topological polar surface area (TPSA) is 101 Å². The average Bonchev–Trinajstić information content (AvgIpc) is 3.30. The number of H-pyrrole nitrogens is 1. The summed E-state index contributed by atoms with van der Waals surface area (Å²) < 4.78 is 0. The van der Waals surface area contributed by atoms with Crippen molar-refractivity contribution >= 4 is 11.8 Å². The molecule has 0 radical (unpaired) electrons. The number of anilines is 1. The molecule has 0 unspecified atom stereocenters. The van der Waals surface area contributed by atoms with Gasteiger partial charge in [-0.05, 0) is 25.0 Å². The molecule has 5 heterocycles. The molecule has 3 saturated heterocycles. The smallest absolute Gasteiger partial charge is 0.320 e. The zero-order valence-electron chi connectivity index (χ0n) is 16.0. The van der Waals surface area contributed by atoms with Crippen LogP contribution in [0.2, 0.25) is 0 Å². The molecule has 2 amide bonds. The van der Waals surface area contributed by atoms with Crippen LogP contribution < -0.4 is 4.90 Å². The van der Waals surface area contributed by atoms with Gasteiger partial charge in [-0.15, -0.1) is 0 Å². The van der Waals surface area contributed by atoms with Gasteiger partial charge in [0.15, 0.2) is 0 Å². The van der Waals surface area contributed by atoms with Crippen molar-refractivity contribution in [2.45, 2.75) is 30.8 Å². The average molecular weight is 383 g/mol. The number of aliphatic hydroxyl groups is 1. The summed E-state index contributed by atoms with van der Waals surface area (Å²) in [6, 6.07) is 4.22. The van der Waals surface area contributed by atoms with Gasteiger partial charge in [-0.3, -0.25) is 5.10 Å². The van der Waals surface area contributed by atoms with Crippen molar-refractivity contribution < 1.29 is 9.90 Å². The highest BCUT2D eigenvalue weighted by atomic mass is 16.3. The van der Waals surface area contributed by atoms with E-state index in [-0.39, 0.29) is 11.9 Å². The van der Waals surface area contributed by atoms with E-state index in [9.17, 15) is 9.90 Å². The molecule has 28 heavy (non-hydrogen) atoms. The van der Waals surface area contributed by atoms with Gasteiger partial charge in [0.05, 0.1) is 5.60 Å². The number of hydrogen-bond acceptors (Lipinski definition) is 6. The largest absolute Gasteiger partial charge is 0.386 e.